The lowest BCUT2D eigenvalue weighted by molar-refractivity contribution is -0.120. The predicted molar refractivity (Wildman–Crippen MR) is 74.2 cm³/mol. The van der Waals surface area contributed by atoms with Crippen LogP contribution >= 0.6 is 0 Å². The monoisotopic (exact) mass is 249 g/mol. The Morgan fingerprint density at radius 3 is 2.67 bits per heavy atom. The van der Waals surface area contributed by atoms with Gasteiger partial charge in [0.1, 0.15) is 0 Å². The molecule has 0 fully saturated rings. The summed E-state index contributed by atoms with van der Waals surface area (Å²) >= 11 is 0. The molecule has 0 spiro atoms. The molecule has 0 aliphatic heterocycles. The third-order valence-electron chi connectivity index (χ3n) is 2.81. The highest BCUT2D eigenvalue weighted by atomic mass is 16.1. The zero-order chi connectivity index (χ0) is 13.8. The second kappa shape index (κ2) is 5.96. The van der Waals surface area contributed by atoms with Gasteiger partial charge in [-0.1, -0.05) is 20.8 Å². The van der Waals surface area contributed by atoms with Crippen LogP contribution in [-0.2, 0) is 4.79 Å². The molecule has 1 unspecified atom stereocenters. The molecule has 3 N–H and O–H groups in total. The predicted octanol–water partition coefficient (Wildman–Crippen LogP) is 2.34. The number of nitrogens with zero attached hydrogens (tertiary/aromatic N) is 1. The molecule has 0 saturated carbocycles. The third kappa shape index (κ3) is 4.45. The van der Waals surface area contributed by atoms with Gasteiger partial charge >= 0.3 is 0 Å². The Labute approximate surface area is 109 Å². The molecule has 0 aliphatic rings. The Bertz CT molecular complexity index is 410. The second-order valence-corrected chi connectivity index (χ2v) is 5.88. The van der Waals surface area contributed by atoms with E-state index in [1.165, 1.54) is 0 Å². The number of carbonyl (C=O) groups excluding carboxylic acids is 1. The second-order valence-electron chi connectivity index (χ2n) is 5.88. The van der Waals surface area contributed by atoms with E-state index < -0.39 is 0 Å². The third-order valence-corrected chi connectivity index (χ3v) is 2.81. The first-order chi connectivity index (χ1) is 8.33. The molecule has 100 valence electrons. The number of anilines is 1. The van der Waals surface area contributed by atoms with Gasteiger partial charge in [0, 0.05) is 12.7 Å². The van der Waals surface area contributed by atoms with Crippen molar-refractivity contribution in [1.29, 1.82) is 0 Å². The lowest BCUT2D eigenvalue weighted by atomic mass is 9.84. The highest BCUT2D eigenvalue weighted by molar-refractivity contribution is 5.93. The summed E-state index contributed by atoms with van der Waals surface area (Å²) in [6, 6.07) is 1.87. The summed E-state index contributed by atoms with van der Waals surface area (Å²) in [6.45, 7) is 8.63. The van der Waals surface area contributed by atoms with Crippen molar-refractivity contribution in [3.8, 4) is 0 Å². The standard InChI is InChI=1S/C14H23N3O/c1-10-5-6-16-9-12(10)17-13(18)11(8-15)7-14(2,3)4/h5-6,9,11H,7-8,15H2,1-4H3,(H,17,18). The van der Waals surface area contributed by atoms with E-state index >= 15 is 0 Å². The molecule has 0 saturated heterocycles. The summed E-state index contributed by atoms with van der Waals surface area (Å²) in [4.78, 5) is 16.2. The number of pyridine rings is 1. The fraction of sp³-hybridized carbons (Fsp3) is 0.571. The molecule has 1 rings (SSSR count). The van der Waals surface area contributed by atoms with E-state index in [1.54, 1.807) is 12.4 Å². The number of amides is 1. The molecule has 1 aromatic rings. The minimum atomic E-state index is -0.162. The maximum atomic E-state index is 12.2. The minimum Gasteiger partial charge on any atom is -0.330 e. The van der Waals surface area contributed by atoms with Crippen molar-refractivity contribution < 1.29 is 4.79 Å². The minimum absolute atomic E-state index is 0.0245. The van der Waals surface area contributed by atoms with Crippen LogP contribution in [-0.4, -0.2) is 17.4 Å². The van der Waals surface area contributed by atoms with Gasteiger partial charge in [0.05, 0.1) is 17.8 Å². The summed E-state index contributed by atoms with van der Waals surface area (Å²) in [5.41, 5.74) is 7.55. The van der Waals surface area contributed by atoms with Gasteiger partial charge in [0.2, 0.25) is 5.91 Å². The van der Waals surface area contributed by atoms with E-state index in [-0.39, 0.29) is 17.2 Å². The first-order valence-electron chi connectivity index (χ1n) is 6.25. The maximum absolute atomic E-state index is 12.2. The molecule has 4 nitrogen and oxygen atoms in total. The highest BCUT2D eigenvalue weighted by Crippen LogP contribution is 2.25. The molecule has 1 heterocycles. The Kier molecular flexibility index (Phi) is 4.84. The first-order valence-corrected chi connectivity index (χ1v) is 6.25. The molecule has 0 aromatic carbocycles. The topological polar surface area (TPSA) is 68.0 Å². The summed E-state index contributed by atoms with van der Waals surface area (Å²) in [7, 11) is 0. The number of aryl methyl sites for hydroxylation is 1. The summed E-state index contributed by atoms with van der Waals surface area (Å²) in [6.07, 6.45) is 4.15. The van der Waals surface area contributed by atoms with Gasteiger partial charge < -0.3 is 11.1 Å². The van der Waals surface area contributed by atoms with Crippen LogP contribution in [0.5, 0.6) is 0 Å². The van der Waals surface area contributed by atoms with Crippen LogP contribution in [0.3, 0.4) is 0 Å². The molecular weight excluding hydrogens is 226 g/mol. The van der Waals surface area contributed by atoms with E-state index in [2.05, 4.69) is 31.1 Å². The lowest BCUT2D eigenvalue weighted by Gasteiger charge is -2.24. The van der Waals surface area contributed by atoms with Crippen molar-refractivity contribution in [2.24, 2.45) is 17.1 Å². The zero-order valence-electron chi connectivity index (χ0n) is 11.7. The van der Waals surface area contributed by atoms with Crippen molar-refractivity contribution in [3.63, 3.8) is 0 Å². The Balaban J connectivity index is 2.72. The Morgan fingerprint density at radius 1 is 1.50 bits per heavy atom. The van der Waals surface area contributed by atoms with Crippen LogP contribution in [0, 0.1) is 18.3 Å². The SMILES string of the molecule is Cc1ccncc1NC(=O)C(CN)CC(C)(C)C. The lowest BCUT2D eigenvalue weighted by Crippen LogP contribution is -2.32. The average molecular weight is 249 g/mol. The van der Waals surface area contributed by atoms with Crippen LogP contribution < -0.4 is 11.1 Å². The summed E-state index contributed by atoms with van der Waals surface area (Å²) < 4.78 is 0. The van der Waals surface area contributed by atoms with E-state index in [4.69, 9.17) is 5.73 Å². The van der Waals surface area contributed by atoms with Crippen LogP contribution in [0.4, 0.5) is 5.69 Å². The number of aromatic nitrogens is 1. The van der Waals surface area contributed by atoms with Gasteiger partial charge in [-0.15, -0.1) is 0 Å². The number of nitrogens with two attached hydrogens (primary N) is 1. The molecule has 1 atom stereocenters. The van der Waals surface area contributed by atoms with E-state index in [0.717, 1.165) is 17.7 Å². The molecule has 18 heavy (non-hydrogen) atoms. The normalized spacial score (nSPS) is 13.2. The number of carbonyl (C=O) groups is 1. The van der Waals surface area contributed by atoms with Crippen molar-refractivity contribution in [2.75, 3.05) is 11.9 Å². The van der Waals surface area contributed by atoms with Crippen LogP contribution in [0.2, 0.25) is 0 Å². The molecule has 4 heteroatoms. The van der Waals surface area contributed by atoms with Gasteiger partial charge in [-0.2, -0.15) is 0 Å². The molecule has 1 aromatic heterocycles. The van der Waals surface area contributed by atoms with Gasteiger partial charge in [-0.3, -0.25) is 9.78 Å². The van der Waals surface area contributed by atoms with E-state index in [1.807, 2.05) is 13.0 Å². The molecule has 0 bridgehead atoms. The zero-order valence-corrected chi connectivity index (χ0v) is 11.7. The number of hydrogen-bond acceptors (Lipinski definition) is 3. The van der Waals surface area contributed by atoms with Gasteiger partial charge in [0.25, 0.3) is 0 Å². The van der Waals surface area contributed by atoms with Gasteiger partial charge in [-0.05, 0) is 30.4 Å². The molecule has 1 amide bonds. The van der Waals surface area contributed by atoms with Crippen molar-refractivity contribution in [1.82, 2.24) is 4.98 Å². The summed E-state index contributed by atoms with van der Waals surface area (Å²) in [5, 5.41) is 2.90. The number of hydrogen-bond donors (Lipinski definition) is 2. The Morgan fingerprint density at radius 2 is 2.17 bits per heavy atom. The quantitative estimate of drug-likeness (QED) is 0.860. The molecule has 0 aliphatic carbocycles. The first kappa shape index (κ1) is 14.6. The van der Waals surface area contributed by atoms with Crippen LogP contribution in [0.1, 0.15) is 32.8 Å². The number of nitrogens with one attached hydrogen (secondary N) is 1. The highest BCUT2D eigenvalue weighted by Gasteiger charge is 2.24. The fourth-order valence-electron chi connectivity index (χ4n) is 1.85. The van der Waals surface area contributed by atoms with Gasteiger partial charge in [0.15, 0.2) is 0 Å². The number of rotatable bonds is 4. The maximum Gasteiger partial charge on any atom is 0.228 e. The largest absolute Gasteiger partial charge is 0.330 e. The van der Waals surface area contributed by atoms with Gasteiger partial charge in [-0.25, -0.2) is 0 Å². The van der Waals surface area contributed by atoms with Crippen molar-refractivity contribution in [2.45, 2.75) is 34.1 Å². The summed E-state index contributed by atoms with van der Waals surface area (Å²) in [5.74, 6) is -0.187. The van der Waals surface area contributed by atoms with Crippen molar-refractivity contribution in [3.05, 3.63) is 24.0 Å². The molecule has 0 radical (unpaired) electrons. The smallest absolute Gasteiger partial charge is 0.228 e. The van der Waals surface area contributed by atoms with Crippen LogP contribution in [0.25, 0.3) is 0 Å². The van der Waals surface area contributed by atoms with E-state index in [9.17, 15) is 4.79 Å². The van der Waals surface area contributed by atoms with E-state index in [0.29, 0.717) is 6.54 Å². The average Bonchev–Trinajstić information content (AvgIpc) is 2.27. The fourth-order valence-corrected chi connectivity index (χ4v) is 1.85. The van der Waals surface area contributed by atoms with Crippen LogP contribution in [0.15, 0.2) is 18.5 Å². The van der Waals surface area contributed by atoms with Crippen molar-refractivity contribution >= 4 is 11.6 Å². The molecular formula is C14H23N3O. The Hall–Kier alpha value is -1.42.